The second-order valence-corrected chi connectivity index (χ2v) is 8.00. The Hall–Kier alpha value is -3.85. The van der Waals surface area contributed by atoms with Gasteiger partial charge in [0.25, 0.3) is 0 Å². The molecule has 0 bridgehead atoms. The van der Waals surface area contributed by atoms with Crippen LogP contribution in [0, 0.1) is 5.82 Å². The predicted octanol–water partition coefficient (Wildman–Crippen LogP) is 3.94. The van der Waals surface area contributed by atoms with E-state index in [-0.39, 0.29) is 17.5 Å². The highest BCUT2D eigenvalue weighted by atomic mass is 35.5. The molecular weight excluding hydrogens is 445 g/mol. The number of amides is 1. The maximum atomic E-state index is 15.2. The number of rotatable bonds is 5. The van der Waals surface area contributed by atoms with Gasteiger partial charge in [-0.15, -0.1) is 0 Å². The number of nitrogens with zero attached hydrogens (tertiary/aromatic N) is 6. The number of carbonyl (C=O) groups excluding carboxylic acids is 1. The number of carbonyl (C=O) groups is 1. The first kappa shape index (κ1) is 21.0. The van der Waals surface area contributed by atoms with Gasteiger partial charge in [0.1, 0.15) is 28.9 Å². The molecule has 10 heteroatoms. The first-order chi connectivity index (χ1) is 16.0. The third-order valence-corrected chi connectivity index (χ3v) is 5.88. The Bertz CT molecular complexity index is 1360. The van der Waals surface area contributed by atoms with Gasteiger partial charge in [0.05, 0.1) is 24.0 Å². The van der Waals surface area contributed by atoms with E-state index in [0.29, 0.717) is 41.3 Å². The second-order valence-electron chi connectivity index (χ2n) is 7.64. The quantitative estimate of drug-likeness (QED) is 0.451. The van der Waals surface area contributed by atoms with E-state index in [4.69, 9.17) is 11.6 Å². The molecule has 0 unspecified atom stereocenters. The molecule has 33 heavy (non-hydrogen) atoms. The number of aromatic nitrogens is 5. The van der Waals surface area contributed by atoms with E-state index >= 15 is 4.39 Å². The summed E-state index contributed by atoms with van der Waals surface area (Å²) in [6, 6.07) is 10.3. The van der Waals surface area contributed by atoms with Crippen LogP contribution in [0.15, 0.2) is 55.1 Å². The van der Waals surface area contributed by atoms with Crippen LogP contribution in [0.5, 0.6) is 0 Å². The van der Waals surface area contributed by atoms with Gasteiger partial charge in [-0.25, -0.2) is 19.3 Å². The molecule has 1 aliphatic rings. The summed E-state index contributed by atoms with van der Waals surface area (Å²) in [5.41, 5.74) is 2.88. The number of nitrogens with one attached hydrogen (secondary N) is 1. The zero-order valence-electron chi connectivity index (χ0n) is 17.7. The van der Waals surface area contributed by atoms with E-state index < -0.39 is 5.82 Å². The Morgan fingerprint density at radius 3 is 2.85 bits per heavy atom. The Morgan fingerprint density at radius 1 is 1.18 bits per heavy atom. The summed E-state index contributed by atoms with van der Waals surface area (Å²) >= 11 is 6.08. The lowest BCUT2D eigenvalue weighted by molar-refractivity contribution is -0.117. The fourth-order valence-corrected chi connectivity index (χ4v) is 4.10. The van der Waals surface area contributed by atoms with E-state index in [9.17, 15) is 4.79 Å². The molecular formula is C23H19ClFN7O. The summed E-state index contributed by atoms with van der Waals surface area (Å²) in [5.74, 6) is 0.641. The van der Waals surface area contributed by atoms with Crippen molar-refractivity contribution in [3.05, 3.63) is 77.2 Å². The van der Waals surface area contributed by atoms with E-state index in [0.717, 1.165) is 11.4 Å². The number of fused-ring (bicyclic) bond motifs is 1. The molecule has 0 saturated carbocycles. The minimum absolute atomic E-state index is 0.0578. The molecule has 0 spiro atoms. The summed E-state index contributed by atoms with van der Waals surface area (Å²) in [4.78, 5) is 26.9. The monoisotopic (exact) mass is 463 g/mol. The van der Waals surface area contributed by atoms with Gasteiger partial charge in [0.2, 0.25) is 5.91 Å². The molecule has 4 heterocycles. The zero-order chi connectivity index (χ0) is 22.9. The van der Waals surface area contributed by atoms with E-state index in [2.05, 4.69) is 25.4 Å². The summed E-state index contributed by atoms with van der Waals surface area (Å²) in [6.45, 7) is 0.406. The molecule has 1 amide bonds. The molecule has 0 aliphatic carbocycles. The highest BCUT2D eigenvalue weighted by Gasteiger charge is 2.29. The maximum absolute atomic E-state index is 15.2. The van der Waals surface area contributed by atoms with Crippen LogP contribution in [-0.2, 0) is 24.7 Å². The topological polar surface area (TPSA) is 88.8 Å². The predicted molar refractivity (Wildman–Crippen MR) is 123 cm³/mol. The second kappa shape index (κ2) is 8.59. The number of pyridine rings is 1. The van der Waals surface area contributed by atoms with Gasteiger partial charge in [-0.3, -0.25) is 9.48 Å². The average molecular weight is 464 g/mol. The largest absolute Gasteiger partial charge is 0.325 e. The Kier molecular flexibility index (Phi) is 5.47. The molecule has 0 atom stereocenters. The van der Waals surface area contributed by atoms with Crippen LogP contribution in [0.1, 0.15) is 11.1 Å². The van der Waals surface area contributed by atoms with Gasteiger partial charge >= 0.3 is 0 Å². The van der Waals surface area contributed by atoms with Gasteiger partial charge in [-0.05, 0) is 35.7 Å². The van der Waals surface area contributed by atoms with Crippen LogP contribution >= 0.6 is 11.6 Å². The first-order valence-electron chi connectivity index (χ1n) is 10.3. The minimum Gasteiger partial charge on any atom is -0.325 e. The van der Waals surface area contributed by atoms with Crippen molar-refractivity contribution in [1.82, 2.24) is 24.7 Å². The highest BCUT2D eigenvalue weighted by molar-refractivity contribution is 6.30. The maximum Gasteiger partial charge on any atom is 0.231 e. The van der Waals surface area contributed by atoms with Crippen LogP contribution < -0.4 is 10.2 Å². The first-order valence-corrected chi connectivity index (χ1v) is 10.7. The van der Waals surface area contributed by atoms with Crippen molar-refractivity contribution < 1.29 is 9.18 Å². The normalized spacial score (nSPS) is 12.6. The van der Waals surface area contributed by atoms with Crippen molar-refractivity contribution in [2.45, 2.75) is 12.8 Å². The number of aryl methyl sites for hydroxylation is 1. The van der Waals surface area contributed by atoms with Gasteiger partial charge in [0, 0.05) is 37.5 Å². The highest BCUT2D eigenvalue weighted by Crippen LogP contribution is 2.35. The molecule has 166 valence electrons. The number of hydrogen-bond acceptors (Lipinski definition) is 6. The molecule has 1 aliphatic heterocycles. The van der Waals surface area contributed by atoms with Crippen LogP contribution in [0.2, 0.25) is 5.15 Å². The fourth-order valence-electron chi connectivity index (χ4n) is 3.91. The Labute approximate surface area is 194 Å². The molecule has 1 N–H and O–H groups in total. The van der Waals surface area contributed by atoms with Crippen molar-refractivity contribution >= 4 is 34.8 Å². The molecule has 5 rings (SSSR count). The molecule has 8 nitrogen and oxygen atoms in total. The van der Waals surface area contributed by atoms with Gasteiger partial charge in [-0.1, -0.05) is 17.7 Å². The van der Waals surface area contributed by atoms with Crippen LogP contribution in [0.4, 0.5) is 21.7 Å². The minimum atomic E-state index is -0.467. The van der Waals surface area contributed by atoms with Crippen LogP contribution in [0.25, 0.3) is 11.3 Å². The van der Waals surface area contributed by atoms with Crippen molar-refractivity contribution in [2.75, 3.05) is 16.8 Å². The standard InChI is InChI=1S/C23H19ClFN7O/c1-31-20(4-7-29-31)30-19-12-18(27-13-28-19)16-9-14-5-8-32(22(14)17(25)10-16)21(33)11-15-3-2-6-26-23(15)24/h2-4,6-7,9-10,12-13H,5,8,11H2,1H3,(H,27,28,30). The molecule has 0 saturated heterocycles. The molecule has 0 radical (unpaired) electrons. The van der Waals surface area contributed by atoms with Crippen LogP contribution in [0.3, 0.4) is 0 Å². The number of hydrogen-bond donors (Lipinski definition) is 1. The van der Waals surface area contributed by atoms with Gasteiger partial charge < -0.3 is 10.2 Å². The third kappa shape index (κ3) is 4.14. The lowest BCUT2D eigenvalue weighted by Crippen LogP contribution is -2.31. The summed E-state index contributed by atoms with van der Waals surface area (Å²) in [7, 11) is 1.82. The number of anilines is 3. The fraction of sp³-hybridized carbons (Fsp3) is 0.174. The van der Waals surface area contributed by atoms with E-state index in [1.54, 1.807) is 35.3 Å². The number of benzene rings is 1. The molecule has 3 aromatic heterocycles. The smallest absolute Gasteiger partial charge is 0.231 e. The van der Waals surface area contributed by atoms with Crippen molar-refractivity contribution in [2.24, 2.45) is 7.05 Å². The molecule has 1 aromatic carbocycles. The lowest BCUT2D eigenvalue weighted by Gasteiger charge is -2.18. The summed E-state index contributed by atoms with van der Waals surface area (Å²) in [6.07, 6.45) is 5.27. The molecule has 0 fully saturated rings. The lowest BCUT2D eigenvalue weighted by atomic mass is 10.0. The van der Waals surface area contributed by atoms with Crippen molar-refractivity contribution in [3.8, 4) is 11.3 Å². The van der Waals surface area contributed by atoms with Gasteiger partial charge in [-0.2, -0.15) is 5.10 Å². The zero-order valence-corrected chi connectivity index (χ0v) is 18.4. The summed E-state index contributed by atoms with van der Waals surface area (Å²) in [5, 5.41) is 7.56. The van der Waals surface area contributed by atoms with Gasteiger partial charge in [0.15, 0.2) is 0 Å². The third-order valence-electron chi connectivity index (χ3n) is 5.54. The SMILES string of the molecule is Cn1nccc1Nc1cc(-c2cc(F)c3c(c2)CCN3C(=O)Cc2cccnc2Cl)ncn1. The van der Waals surface area contributed by atoms with Crippen LogP contribution in [-0.4, -0.2) is 37.2 Å². The Balaban J connectivity index is 1.40. The number of halogens is 2. The Morgan fingerprint density at radius 2 is 2.06 bits per heavy atom. The van der Waals surface area contributed by atoms with E-state index in [1.807, 2.05) is 19.2 Å². The average Bonchev–Trinajstić information content (AvgIpc) is 3.42. The van der Waals surface area contributed by atoms with Crippen molar-refractivity contribution in [3.63, 3.8) is 0 Å². The summed E-state index contributed by atoms with van der Waals surface area (Å²) < 4.78 is 16.9. The van der Waals surface area contributed by atoms with Crippen molar-refractivity contribution in [1.29, 1.82) is 0 Å². The molecule has 4 aromatic rings. The van der Waals surface area contributed by atoms with E-state index in [1.165, 1.54) is 17.3 Å².